The maximum absolute atomic E-state index is 13.1. The van der Waals surface area contributed by atoms with Gasteiger partial charge in [0.25, 0.3) is 5.91 Å². The van der Waals surface area contributed by atoms with E-state index in [-0.39, 0.29) is 23.8 Å². The normalized spacial score (nSPS) is 21.6. The molecular formula is C25H33N7O3S. The lowest BCUT2D eigenvalue weighted by molar-refractivity contribution is -0.122. The molecule has 5 rings (SSSR count). The molecule has 0 spiro atoms. The van der Waals surface area contributed by atoms with Gasteiger partial charge in [-0.15, -0.1) is 11.3 Å². The lowest BCUT2D eigenvalue weighted by atomic mass is 9.98. The van der Waals surface area contributed by atoms with Crippen LogP contribution >= 0.6 is 11.3 Å². The van der Waals surface area contributed by atoms with Crippen molar-refractivity contribution < 1.29 is 14.4 Å². The number of rotatable bonds is 4. The maximum atomic E-state index is 13.1. The van der Waals surface area contributed by atoms with Crippen LogP contribution in [0.1, 0.15) is 53.5 Å². The summed E-state index contributed by atoms with van der Waals surface area (Å²) in [6.45, 7) is 4.99. The molecule has 2 aromatic heterocycles. The van der Waals surface area contributed by atoms with Gasteiger partial charge in [0, 0.05) is 63.3 Å². The number of anilines is 1. The van der Waals surface area contributed by atoms with E-state index in [0.29, 0.717) is 44.8 Å². The minimum atomic E-state index is -0.495. The van der Waals surface area contributed by atoms with Crippen molar-refractivity contribution in [2.24, 2.45) is 0 Å². The molecule has 36 heavy (non-hydrogen) atoms. The van der Waals surface area contributed by atoms with Gasteiger partial charge < -0.3 is 25.3 Å². The smallest absolute Gasteiger partial charge is 0.320 e. The molecule has 2 N–H and O–H groups in total. The number of piperidine rings is 1. The number of nitrogens with one attached hydrogen (secondary N) is 2. The summed E-state index contributed by atoms with van der Waals surface area (Å²) in [7, 11) is 0. The summed E-state index contributed by atoms with van der Waals surface area (Å²) in [4.78, 5) is 53.0. The highest BCUT2D eigenvalue weighted by Gasteiger charge is 2.31. The van der Waals surface area contributed by atoms with E-state index in [0.717, 1.165) is 49.6 Å². The van der Waals surface area contributed by atoms with Crippen molar-refractivity contribution in [3.8, 4) is 0 Å². The zero-order chi connectivity index (χ0) is 24.9. The number of aromatic nitrogens is 2. The number of hydrogen-bond donors (Lipinski definition) is 2. The third-order valence-electron chi connectivity index (χ3n) is 7.23. The monoisotopic (exact) mass is 511 g/mol. The fourth-order valence-corrected chi connectivity index (χ4v) is 6.05. The lowest BCUT2D eigenvalue weighted by Crippen LogP contribution is -2.54. The summed E-state index contributed by atoms with van der Waals surface area (Å²) >= 11 is 1.49. The average molecular weight is 512 g/mol. The molecule has 11 heteroatoms. The van der Waals surface area contributed by atoms with Crippen LogP contribution in [0.2, 0.25) is 0 Å². The molecule has 0 aromatic carbocycles. The Kier molecular flexibility index (Phi) is 7.64. The Hall–Kier alpha value is -3.21. The number of carbonyl (C=O) groups is 3. The first-order chi connectivity index (χ1) is 17.6. The maximum Gasteiger partial charge on any atom is 0.320 e. The molecule has 0 saturated carbocycles. The Labute approximate surface area is 215 Å². The summed E-state index contributed by atoms with van der Waals surface area (Å²) in [5, 5.41) is 8.39. The standard InChI is InChI=1S/C25H33N7O3S/c33-22-19(5-1-3-10-27-22)28-23(34)20-17-36-24(29-20)18-7-11-31(12-8-18)25(35)32-15-13-30(14-16-32)21-6-2-4-9-26-21/h2,4,6,9,17-19H,1,3,5,7-8,10-16H2,(H,27,33)(H,28,34). The highest BCUT2D eigenvalue weighted by Crippen LogP contribution is 2.31. The van der Waals surface area contributed by atoms with Crippen LogP contribution in [0.3, 0.4) is 0 Å². The Morgan fingerprint density at radius 2 is 1.78 bits per heavy atom. The SMILES string of the molecule is O=C(NC1CCCCNC1=O)c1csc(C2CCN(C(=O)N3CCN(c4ccccn4)CC3)CC2)n1. The van der Waals surface area contributed by atoms with E-state index in [1.54, 1.807) is 11.6 Å². The zero-order valence-electron chi connectivity index (χ0n) is 20.4. The second kappa shape index (κ2) is 11.2. The summed E-state index contributed by atoms with van der Waals surface area (Å²) in [6.07, 6.45) is 5.95. The van der Waals surface area contributed by atoms with Crippen LogP contribution in [-0.4, -0.2) is 89.5 Å². The quantitative estimate of drug-likeness (QED) is 0.650. The third-order valence-corrected chi connectivity index (χ3v) is 8.24. The molecule has 0 aliphatic carbocycles. The van der Waals surface area contributed by atoms with Gasteiger partial charge in [-0.05, 0) is 44.2 Å². The van der Waals surface area contributed by atoms with Gasteiger partial charge in [-0.3, -0.25) is 9.59 Å². The zero-order valence-corrected chi connectivity index (χ0v) is 21.2. The highest BCUT2D eigenvalue weighted by molar-refractivity contribution is 7.09. The van der Waals surface area contributed by atoms with Crippen LogP contribution in [0.15, 0.2) is 29.8 Å². The van der Waals surface area contributed by atoms with Gasteiger partial charge in [0.15, 0.2) is 0 Å². The largest absolute Gasteiger partial charge is 0.354 e. The molecule has 10 nitrogen and oxygen atoms in total. The number of hydrogen-bond acceptors (Lipinski definition) is 7. The van der Waals surface area contributed by atoms with E-state index in [9.17, 15) is 14.4 Å². The molecule has 192 valence electrons. The van der Waals surface area contributed by atoms with E-state index in [2.05, 4.69) is 25.5 Å². The summed E-state index contributed by atoms with van der Waals surface area (Å²) < 4.78 is 0. The van der Waals surface area contributed by atoms with Gasteiger partial charge in [0.05, 0.1) is 5.01 Å². The van der Waals surface area contributed by atoms with Crippen LogP contribution < -0.4 is 15.5 Å². The van der Waals surface area contributed by atoms with Gasteiger partial charge in [-0.25, -0.2) is 14.8 Å². The van der Waals surface area contributed by atoms with Gasteiger partial charge in [0.2, 0.25) is 5.91 Å². The minimum Gasteiger partial charge on any atom is -0.354 e. The van der Waals surface area contributed by atoms with Gasteiger partial charge in [-0.2, -0.15) is 0 Å². The third kappa shape index (κ3) is 5.61. The van der Waals surface area contributed by atoms with Gasteiger partial charge in [0.1, 0.15) is 17.6 Å². The Morgan fingerprint density at radius 1 is 1.00 bits per heavy atom. The number of carbonyl (C=O) groups excluding carboxylic acids is 3. The van der Waals surface area contributed by atoms with E-state index in [1.165, 1.54) is 11.3 Å². The summed E-state index contributed by atoms with van der Waals surface area (Å²) in [5.41, 5.74) is 0.372. The van der Waals surface area contributed by atoms with E-state index in [1.807, 2.05) is 28.0 Å². The lowest BCUT2D eigenvalue weighted by Gasteiger charge is -2.39. The van der Waals surface area contributed by atoms with Gasteiger partial charge >= 0.3 is 6.03 Å². The molecule has 1 atom stereocenters. The number of thiazole rings is 1. The molecule has 4 amide bonds. The first-order valence-electron chi connectivity index (χ1n) is 12.8. The molecular weight excluding hydrogens is 478 g/mol. The van der Waals surface area contributed by atoms with Crippen molar-refractivity contribution in [3.63, 3.8) is 0 Å². The summed E-state index contributed by atoms with van der Waals surface area (Å²) in [6, 6.07) is 5.51. The Balaban J connectivity index is 1.09. The molecule has 3 aliphatic rings. The highest BCUT2D eigenvalue weighted by atomic mass is 32.1. The van der Waals surface area contributed by atoms with Crippen LogP contribution in [-0.2, 0) is 4.79 Å². The van der Waals surface area contributed by atoms with Crippen molar-refractivity contribution in [2.75, 3.05) is 50.7 Å². The topological polar surface area (TPSA) is 111 Å². The molecule has 3 saturated heterocycles. The first-order valence-corrected chi connectivity index (χ1v) is 13.7. The fraction of sp³-hybridized carbons (Fsp3) is 0.560. The number of pyridine rings is 1. The first kappa shape index (κ1) is 24.5. The van der Waals surface area contributed by atoms with Crippen molar-refractivity contribution in [3.05, 3.63) is 40.5 Å². The number of likely N-dealkylation sites (tertiary alicyclic amines) is 1. The van der Waals surface area contributed by atoms with Crippen LogP contribution in [0.5, 0.6) is 0 Å². The number of nitrogens with zero attached hydrogens (tertiary/aromatic N) is 5. The van der Waals surface area contributed by atoms with E-state index in [4.69, 9.17) is 0 Å². The number of urea groups is 1. The van der Waals surface area contributed by atoms with E-state index < -0.39 is 6.04 Å². The molecule has 1 unspecified atom stereocenters. The Bertz CT molecular complexity index is 1060. The predicted molar refractivity (Wildman–Crippen MR) is 137 cm³/mol. The second-order valence-corrected chi connectivity index (χ2v) is 10.5. The van der Waals surface area contributed by atoms with Crippen molar-refractivity contribution in [2.45, 2.75) is 44.1 Å². The van der Waals surface area contributed by atoms with E-state index >= 15 is 0 Å². The van der Waals surface area contributed by atoms with Crippen molar-refractivity contribution >= 4 is 35.0 Å². The molecule has 0 bridgehead atoms. The van der Waals surface area contributed by atoms with Crippen molar-refractivity contribution in [1.29, 1.82) is 0 Å². The Morgan fingerprint density at radius 3 is 2.53 bits per heavy atom. The molecule has 5 heterocycles. The molecule has 2 aromatic rings. The molecule has 3 aliphatic heterocycles. The summed E-state index contributed by atoms with van der Waals surface area (Å²) in [5.74, 6) is 0.783. The van der Waals surface area contributed by atoms with Crippen molar-refractivity contribution in [1.82, 2.24) is 30.4 Å². The second-order valence-electron chi connectivity index (χ2n) is 9.59. The molecule has 3 fully saturated rings. The van der Waals surface area contributed by atoms with Crippen LogP contribution in [0, 0.1) is 0 Å². The number of piperazine rings is 1. The average Bonchev–Trinajstić information content (AvgIpc) is 3.34. The van der Waals surface area contributed by atoms with Crippen LogP contribution in [0.25, 0.3) is 0 Å². The number of amides is 4. The minimum absolute atomic E-state index is 0.106. The molecule has 0 radical (unpaired) electrons. The fourth-order valence-electron chi connectivity index (χ4n) is 5.07. The van der Waals surface area contributed by atoms with Gasteiger partial charge in [-0.1, -0.05) is 6.07 Å². The van der Waals surface area contributed by atoms with Crippen LogP contribution in [0.4, 0.5) is 10.6 Å². The predicted octanol–water partition coefficient (Wildman–Crippen LogP) is 2.06.